The van der Waals surface area contributed by atoms with Crippen LogP contribution in [0.4, 0.5) is 0 Å². The summed E-state index contributed by atoms with van der Waals surface area (Å²) in [7, 11) is -3.13. The number of carbonyl (C=O) groups excluding carboxylic acids is 1. The van der Waals surface area contributed by atoms with Gasteiger partial charge in [-0.2, -0.15) is 5.09 Å². The molecule has 0 aliphatic heterocycles. The number of carbonyl (C=O) groups is 1. The topological polar surface area (TPSA) is 145 Å². The van der Waals surface area contributed by atoms with E-state index in [2.05, 4.69) is 5.09 Å². The molecule has 0 amide bonds. The molecule has 1 aromatic heterocycles. The first-order valence-corrected chi connectivity index (χ1v) is 13.1. The van der Waals surface area contributed by atoms with Crippen molar-refractivity contribution in [2.75, 3.05) is 7.11 Å². The molecule has 198 valence electrons. The summed E-state index contributed by atoms with van der Waals surface area (Å²) in [5, 5.41) is 22.7. The van der Waals surface area contributed by atoms with Gasteiger partial charge >= 0.3 is 13.7 Å². The Labute approximate surface area is 218 Å². The Kier molecular flexibility index (Phi) is 7.75. The number of esters is 1. The van der Waals surface area contributed by atoms with E-state index in [0.717, 1.165) is 6.07 Å². The molecule has 10 nitrogen and oxygen atoms in total. The molecule has 2 atom stereocenters. The lowest BCUT2D eigenvalue weighted by Gasteiger charge is -2.26. The maximum atomic E-state index is 14.0. The predicted octanol–water partition coefficient (Wildman–Crippen LogP) is 5.22. The van der Waals surface area contributed by atoms with Gasteiger partial charge in [-0.05, 0) is 42.3 Å². The number of aromatic hydroxyl groups is 2. The minimum absolute atomic E-state index is 0.0403. The second-order valence-corrected chi connectivity index (χ2v) is 10.3. The summed E-state index contributed by atoms with van der Waals surface area (Å²) < 4.78 is 36.1. The number of para-hydroxylation sites is 1. The summed E-state index contributed by atoms with van der Waals surface area (Å²) in [4.78, 5) is 25.1. The first-order valence-electron chi connectivity index (χ1n) is 11.6. The van der Waals surface area contributed by atoms with Crippen LogP contribution in [0.3, 0.4) is 0 Å². The number of phenolic OH excluding ortho intramolecular Hbond substituents is 2. The van der Waals surface area contributed by atoms with E-state index in [1.165, 1.54) is 31.4 Å². The van der Waals surface area contributed by atoms with E-state index in [-0.39, 0.29) is 39.9 Å². The summed E-state index contributed by atoms with van der Waals surface area (Å²) in [6.45, 7) is 3.45. The fourth-order valence-electron chi connectivity index (χ4n) is 3.67. The molecule has 4 rings (SSSR count). The molecule has 0 bridgehead atoms. The summed E-state index contributed by atoms with van der Waals surface area (Å²) >= 11 is 0. The Bertz CT molecular complexity index is 1550. The number of ether oxygens (including phenoxy) is 1. The highest BCUT2D eigenvalue weighted by atomic mass is 31.2. The van der Waals surface area contributed by atoms with Crippen LogP contribution in [0.2, 0.25) is 0 Å². The number of phenols is 2. The van der Waals surface area contributed by atoms with E-state index in [9.17, 15) is 24.4 Å². The van der Waals surface area contributed by atoms with Gasteiger partial charge in [0.05, 0.1) is 7.11 Å². The molecule has 11 heteroatoms. The van der Waals surface area contributed by atoms with Crippen LogP contribution in [0.5, 0.6) is 23.0 Å². The second-order valence-electron chi connectivity index (χ2n) is 8.70. The summed E-state index contributed by atoms with van der Waals surface area (Å²) in [5.74, 6) is -1.24. The molecule has 0 aliphatic carbocycles. The van der Waals surface area contributed by atoms with Crippen molar-refractivity contribution in [2.24, 2.45) is 5.92 Å². The predicted molar refractivity (Wildman–Crippen MR) is 140 cm³/mol. The molecule has 1 unspecified atom stereocenters. The minimum atomic E-state index is -4.33. The van der Waals surface area contributed by atoms with Crippen molar-refractivity contribution in [3.05, 3.63) is 83.0 Å². The smallest absolute Gasteiger partial charge is 0.508 e. The van der Waals surface area contributed by atoms with Crippen molar-refractivity contribution < 1.29 is 37.8 Å². The SMILES string of the molecule is COC(=O)[C@@H](NP(=O)(Oc1ccccc1)Oc1cc(O)c2c(=O)cc(-c3ccc(O)cc3)oc2c1)C(C)C. The van der Waals surface area contributed by atoms with Crippen LogP contribution < -0.4 is 19.6 Å². The van der Waals surface area contributed by atoms with Gasteiger partial charge in [0, 0.05) is 23.8 Å². The Morgan fingerprint density at radius 2 is 1.61 bits per heavy atom. The number of hydrogen-bond donors (Lipinski definition) is 3. The number of hydrogen-bond acceptors (Lipinski definition) is 9. The minimum Gasteiger partial charge on any atom is -0.508 e. The van der Waals surface area contributed by atoms with E-state index in [4.69, 9.17) is 18.2 Å². The van der Waals surface area contributed by atoms with Gasteiger partial charge in [0.15, 0.2) is 5.43 Å². The molecule has 3 aromatic carbocycles. The molecular formula is C27H26NO9P. The largest absolute Gasteiger partial charge is 0.513 e. The Hall–Kier alpha value is -4.27. The van der Waals surface area contributed by atoms with Gasteiger partial charge in [-0.25, -0.2) is 4.57 Å². The van der Waals surface area contributed by atoms with E-state index < -0.39 is 30.9 Å². The third-order valence-corrected chi connectivity index (χ3v) is 7.05. The van der Waals surface area contributed by atoms with E-state index in [1.54, 1.807) is 56.3 Å². The Balaban J connectivity index is 1.77. The Morgan fingerprint density at radius 3 is 2.24 bits per heavy atom. The van der Waals surface area contributed by atoms with Crippen LogP contribution in [0, 0.1) is 5.92 Å². The lowest BCUT2D eigenvalue weighted by molar-refractivity contribution is -0.143. The van der Waals surface area contributed by atoms with E-state index >= 15 is 0 Å². The van der Waals surface area contributed by atoms with Crippen molar-refractivity contribution in [2.45, 2.75) is 19.9 Å². The van der Waals surface area contributed by atoms with Gasteiger partial charge < -0.3 is 28.4 Å². The van der Waals surface area contributed by atoms with Crippen LogP contribution in [0.1, 0.15) is 13.8 Å². The maximum Gasteiger partial charge on any atom is 0.513 e. The van der Waals surface area contributed by atoms with Crippen LogP contribution in [-0.4, -0.2) is 29.3 Å². The van der Waals surface area contributed by atoms with Crippen molar-refractivity contribution in [1.29, 1.82) is 0 Å². The summed E-state index contributed by atoms with van der Waals surface area (Å²) in [6.07, 6.45) is 0. The molecular weight excluding hydrogens is 513 g/mol. The number of methoxy groups -OCH3 is 1. The zero-order valence-electron chi connectivity index (χ0n) is 20.8. The third-order valence-electron chi connectivity index (χ3n) is 5.55. The molecule has 38 heavy (non-hydrogen) atoms. The van der Waals surface area contributed by atoms with Crippen LogP contribution >= 0.6 is 7.75 Å². The van der Waals surface area contributed by atoms with Crippen molar-refractivity contribution in [1.82, 2.24) is 5.09 Å². The van der Waals surface area contributed by atoms with Crippen molar-refractivity contribution in [3.63, 3.8) is 0 Å². The second kappa shape index (κ2) is 11.0. The number of benzene rings is 3. The molecule has 0 aliphatic rings. The van der Waals surface area contributed by atoms with Crippen LogP contribution in [0.15, 0.2) is 82.0 Å². The molecule has 0 saturated heterocycles. The summed E-state index contributed by atoms with van der Waals surface area (Å²) in [6, 6.07) is 16.7. The van der Waals surface area contributed by atoms with Crippen LogP contribution in [-0.2, 0) is 14.1 Å². The van der Waals surface area contributed by atoms with Gasteiger partial charge in [0.2, 0.25) is 0 Å². The van der Waals surface area contributed by atoms with Gasteiger partial charge in [-0.3, -0.25) is 9.59 Å². The Morgan fingerprint density at radius 1 is 0.947 bits per heavy atom. The highest BCUT2D eigenvalue weighted by molar-refractivity contribution is 7.52. The zero-order valence-corrected chi connectivity index (χ0v) is 21.7. The number of fused-ring (bicyclic) bond motifs is 1. The maximum absolute atomic E-state index is 14.0. The van der Waals surface area contributed by atoms with E-state index in [0.29, 0.717) is 5.56 Å². The molecule has 3 N–H and O–H groups in total. The van der Waals surface area contributed by atoms with E-state index in [1.807, 2.05) is 0 Å². The lowest BCUT2D eigenvalue weighted by atomic mass is 10.1. The first kappa shape index (κ1) is 26.8. The van der Waals surface area contributed by atoms with Gasteiger partial charge in [0.25, 0.3) is 0 Å². The van der Waals surface area contributed by atoms with Crippen molar-refractivity contribution in [3.8, 4) is 34.3 Å². The standard InChI is InChI=1S/C27H26NO9P/c1-16(2)26(27(32)34-3)28-38(33,36-19-7-5-4-6-8-19)37-20-13-21(30)25-22(31)15-23(35-24(25)14-20)17-9-11-18(29)12-10-17/h4-16,26,29-30H,1-3H3,(H,28,33)/t26-,38?/m0/s1. The van der Waals surface area contributed by atoms with Crippen LogP contribution in [0.25, 0.3) is 22.3 Å². The molecule has 0 fully saturated rings. The van der Waals surface area contributed by atoms with Crippen molar-refractivity contribution >= 4 is 24.7 Å². The third kappa shape index (κ3) is 5.99. The molecule has 1 heterocycles. The highest BCUT2D eigenvalue weighted by Crippen LogP contribution is 2.47. The number of rotatable bonds is 9. The zero-order chi connectivity index (χ0) is 27.4. The average molecular weight is 539 g/mol. The highest BCUT2D eigenvalue weighted by Gasteiger charge is 2.37. The van der Waals surface area contributed by atoms with Gasteiger partial charge in [-0.1, -0.05) is 32.0 Å². The fourth-order valence-corrected chi connectivity index (χ4v) is 5.33. The summed E-state index contributed by atoms with van der Waals surface area (Å²) in [5.41, 5.74) is -0.0637. The monoisotopic (exact) mass is 539 g/mol. The lowest BCUT2D eigenvalue weighted by Crippen LogP contribution is -2.41. The van der Waals surface area contributed by atoms with Gasteiger partial charge in [-0.15, -0.1) is 0 Å². The molecule has 4 aromatic rings. The average Bonchev–Trinajstić information content (AvgIpc) is 2.87. The quantitative estimate of drug-likeness (QED) is 0.191. The first-order chi connectivity index (χ1) is 18.1. The molecule has 0 saturated carbocycles. The molecule has 0 spiro atoms. The normalized spacial score (nSPS) is 13.6. The number of nitrogens with one attached hydrogen (secondary N) is 1. The molecule has 0 radical (unpaired) electrons. The fraction of sp³-hybridized carbons (Fsp3) is 0.185. The van der Waals surface area contributed by atoms with Gasteiger partial charge in [0.1, 0.15) is 45.8 Å².